The summed E-state index contributed by atoms with van der Waals surface area (Å²) in [7, 11) is 0. The molecule has 0 radical (unpaired) electrons. The zero-order chi connectivity index (χ0) is 10.8. The average molecular weight is 209 g/mol. The SMILES string of the molecule is CC(C)n1nc2c(c1CCN)COCC2. The minimum atomic E-state index is 0.400. The standard InChI is InChI=1S/C11H19N3O/c1-8(2)14-11(3-5-12)9-7-15-6-4-10(9)13-14/h8H,3-7,12H2,1-2H3. The maximum absolute atomic E-state index is 5.64. The molecule has 0 atom stereocenters. The van der Waals surface area contributed by atoms with Gasteiger partial charge in [-0.2, -0.15) is 5.10 Å². The van der Waals surface area contributed by atoms with Crippen molar-refractivity contribution in [2.75, 3.05) is 13.2 Å². The van der Waals surface area contributed by atoms with E-state index in [0.29, 0.717) is 19.2 Å². The molecule has 2 N–H and O–H groups in total. The Morgan fingerprint density at radius 1 is 1.53 bits per heavy atom. The van der Waals surface area contributed by atoms with Crippen molar-refractivity contribution in [3.05, 3.63) is 17.0 Å². The number of nitrogens with two attached hydrogens (primary N) is 1. The maximum Gasteiger partial charge on any atom is 0.0753 e. The highest BCUT2D eigenvalue weighted by Gasteiger charge is 2.21. The van der Waals surface area contributed by atoms with Crippen molar-refractivity contribution in [3.8, 4) is 0 Å². The van der Waals surface area contributed by atoms with Gasteiger partial charge in [-0.3, -0.25) is 4.68 Å². The zero-order valence-corrected chi connectivity index (χ0v) is 9.49. The predicted molar refractivity (Wildman–Crippen MR) is 58.7 cm³/mol. The van der Waals surface area contributed by atoms with Gasteiger partial charge in [-0.15, -0.1) is 0 Å². The van der Waals surface area contributed by atoms with Gasteiger partial charge in [0.2, 0.25) is 0 Å². The number of ether oxygens (including phenoxy) is 1. The van der Waals surface area contributed by atoms with E-state index in [1.807, 2.05) is 0 Å². The van der Waals surface area contributed by atoms with Crippen molar-refractivity contribution in [2.24, 2.45) is 5.73 Å². The summed E-state index contributed by atoms with van der Waals surface area (Å²) in [5.74, 6) is 0. The van der Waals surface area contributed by atoms with Gasteiger partial charge in [0.25, 0.3) is 0 Å². The van der Waals surface area contributed by atoms with Crippen LogP contribution in [0.2, 0.25) is 0 Å². The maximum atomic E-state index is 5.64. The minimum Gasteiger partial charge on any atom is -0.376 e. The highest BCUT2D eigenvalue weighted by Crippen LogP contribution is 2.23. The zero-order valence-electron chi connectivity index (χ0n) is 9.49. The molecule has 0 spiro atoms. The quantitative estimate of drug-likeness (QED) is 0.809. The molecule has 4 heteroatoms. The fourth-order valence-corrected chi connectivity index (χ4v) is 2.10. The van der Waals surface area contributed by atoms with Crippen LogP contribution in [-0.4, -0.2) is 22.9 Å². The van der Waals surface area contributed by atoms with Gasteiger partial charge >= 0.3 is 0 Å². The lowest BCUT2D eigenvalue weighted by Gasteiger charge is -2.13. The summed E-state index contributed by atoms with van der Waals surface area (Å²) in [6.45, 7) is 6.48. The molecule has 1 aromatic heterocycles. The van der Waals surface area contributed by atoms with Gasteiger partial charge in [-0.25, -0.2) is 0 Å². The van der Waals surface area contributed by atoms with Crippen molar-refractivity contribution in [3.63, 3.8) is 0 Å². The van der Waals surface area contributed by atoms with E-state index in [0.717, 1.165) is 19.4 Å². The third-order valence-electron chi connectivity index (χ3n) is 2.80. The van der Waals surface area contributed by atoms with Crippen LogP contribution < -0.4 is 5.73 Å². The summed E-state index contributed by atoms with van der Waals surface area (Å²) in [5, 5.41) is 4.65. The second-order valence-corrected chi connectivity index (χ2v) is 4.25. The normalized spacial score (nSPS) is 15.7. The van der Waals surface area contributed by atoms with Crippen molar-refractivity contribution in [1.82, 2.24) is 9.78 Å². The molecule has 4 nitrogen and oxygen atoms in total. The first-order chi connectivity index (χ1) is 7.24. The topological polar surface area (TPSA) is 53.1 Å². The van der Waals surface area contributed by atoms with E-state index in [1.165, 1.54) is 17.0 Å². The molecule has 1 aliphatic rings. The van der Waals surface area contributed by atoms with Gasteiger partial charge in [-0.05, 0) is 20.4 Å². The van der Waals surface area contributed by atoms with Crippen LogP contribution in [0.25, 0.3) is 0 Å². The van der Waals surface area contributed by atoms with Gasteiger partial charge in [-0.1, -0.05) is 0 Å². The minimum absolute atomic E-state index is 0.400. The van der Waals surface area contributed by atoms with Crippen LogP contribution in [0, 0.1) is 0 Å². The van der Waals surface area contributed by atoms with E-state index in [1.54, 1.807) is 0 Å². The largest absolute Gasteiger partial charge is 0.376 e. The lowest BCUT2D eigenvalue weighted by Crippen LogP contribution is -2.14. The number of rotatable bonds is 3. The smallest absolute Gasteiger partial charge is 0.0753 e. The van der Waals surface area contributed by atoms with Crippen LogP contribution in [0.3, 0.4) is 0 Å². The molecule has 0 unspecified atom stereocenters. The predicted octanol–water partition coefficient (Wildman–Crippen LogP) is 1.04. The summed E-state index contributed by atoms with van der Waals surface area (Å²) in [6, 6.07) is 0.400. The summed E-state index contributed by atoms with van der Waals surface area (Å²) < 4.78 is 7.59. The summed E-state index contributed by atoms with van der Waals surface area (Å²) in [4.78, 5) is 0. The molecular formula is C11H19N3O. The molecule has 0 amide bonds. The molecule has 2 rings (SSSR count). The number of fused-ring (bicyclic) bond motifs is 1. The molecular weight excluding hydrogens is 190 g/mol. The summed E-state index contributed by atoms with van der Waals surface area (Å²) >= 11 is 0. The van der Waals surface area contributed by atoms with E-state index in [9.17, 15) is 0 Å². The molecule has 15 heavy (non-hydrogen) atoms. The van der Waals surface area contributed by atoms with Crippen molar-refractivity contribution >= 4 is 0 Å². The lowest BCUT2D eigenvalue weighted by molar-refractivity contribution is 0.109. The molecule has 0 aromatic carbocycles. The van der Waals surface area contributed by atoms with E-state index < -0.39 is 0 Å². The molecule has 84 valence electrons. The number of hydrogen-bond donors (Lipinski definition) is 1. The van der Waals surface area contributed by atoms with Gasteiger partial charge in [0.15, 0.2) is 0 Å². The van der Waals surface area contributed by atoms with Crippen LogP contribution in [0.1, 0.15) is 36.8 Å². The molecule has 0 saturated carbocycles. The van der Waals surface area contributed by atoms with Crippen molar-refractivity contribution in [1.29, 1.82) is 0 Å². The molecule has 1 aromatic rings. The third kappa shape index (κ3) is 1.92. The Bertz CT molecular complexity index is 344. The highest BCUT2D eigenvalue weighted by atomic mass is 16.5. The number of nitrogens with zero attached hydrogens (tertiary/aromatic N) is 2. The first kappa shape index (κ1) is 10.6. The van der Waals surface area contributed by atoms with Crippen LogP contribution >= 0.6 is 0 Å². The Morgan fingerprint density at radius 3 is 3.00 bits per heavy atom. The fourth-order valence-electron chi connectivity index (χ4n) is 2.10. The van der Waals surface area contributed by atoms with E-state index in [-0.39, 0.29) is 0 Å². The molecule has 0 aliphatic carbocycles. The monoisotopic (exact) mass is 209 g/mol. The fraction of sp³-hybridized carbons (Fsp3) is 0.727. The second-order valence-electron chi connectivity index (χ2n) is 4.25. The first-order valence-electron chi connectivity index (χ1n) is 5.61. The number of hydrogen-bond acceptors (Lipinski definition) is 3. The molecule has 0 fully saturated rings. The van der Waals surface area contributed by atoms with Crippen LogP contribution in [0.5, 0.6) is 0 Å². The lowest BCUT2D eigenvalue weighted by atomic mass is 10.1. The van der Waals surface area contributed by atoms with Crippen LogP contribution in [-0.2, 0) is 24.2 Å². The molecule has 0 bridgehead atoms. The molecule has 2 heterocycles. The first-order valence-corrected chi connectivity index (χ1v) is 5.61. The third-order valence-corrected chi connectivity index (χ3v) is 2.80. The van der Waals surface area contributed by atoms with Gasteiger partial charge in [0.1, 0.15) is 0 Å². The molecule has 0 saturated heterocycles. The Hall–Kier alpha value is -0.870. The summed E-state index contributed by atoms with van der Waals surface area (Å²) in [5.41, 5.74) is 9.39. The average Bonchev–Trinajstić information content (AvgIpc) is 2.58. The van der Waals surface area contributed by atoms with Crippen molar-refractivity contribution in [2.45, 2.75) is 39.3 Å². The Morgan fingerprint density at radius 2 is 2.33 bits per heavy atom. The Balaban J connectivity index is 2.41. The summed E-state index contributed by atoms with van der Waals surface area (Å²) in [6.07, 6.45) is 1.83. The number of aromatic nitrogens is 2. The Labute approximate surface area is 90.4 Å². The Kier molecular flexibility index (Phi) is 3.07. The van der Waals surface area contributed by atoms with Gasteiger partial charge < -0.3 is 10.5 Å². The van der Waals surface area contributed by atoms with E-state index >= 15 is 0 Å². The molecule has 1 aliphatic heterocycles. The van der Waals surface area contributed by atoms with Crippen molar-refractivity contribution < 1.29 is 4.74 Å². The second kappa shape index (κ2) is 4.33. The van der Waals surface area contributed by atoms with E-state index in [2.05, 4.69) is 23.6 Å². The van der Waals surface area contributed by atoms with Gasteiger partial charge in [0.05, 0.1) is 18.9 Å². The highest BCUT2D eigenvalue weighted by molar-refractivity contribution is 5.28. The van der Waals surface area contributed by atoms with Crippen LogP contribution in [0.4, 0.5) is 0 Å². The van der Waals surface area contributed by atoms with Crippen LogP contribution in [0.15, 0.2) is 0 Å². The van der Waals surface area contributed by atoms with E-state index in [4.69, 9.17) is 10.5 Å². The van der Waals surface area contributed by atoms with Gasteiger partial charge in [0, 0.05) is 30.1 Å².